The van der Waals surface area contributed by atoms with Crippen LogP contribution in [0.1, 0.15) is 13.8 Å². The molecule has 1 aromatic carbocycles. The Morgan fingerprint density at radius 1 is 1.33 bits per heavy atom. The molecule has 1 aromatic heterocycles. The number of fused-ring (bicyclic) bond motifs is 1. The molecule has 5 heteroatoms. The van der Waals surface area contributed by atoms with Crippen molar-refractivity contribution in [2.24, 2.45) is 0 Å². The third-order valence-electron chi connectivity index (χ3n) is 2.51. The molecular weight excluding hydrogens is 228 g/mol. The fourth-order valence-electron chi connectivity index (χ4n) is 1.68. The van der Waals surface area contributed by atoms with Crippen molar-refractivity contribution in [2.75, 3.05) is 24.2 Å². The van der Waals surface area contributed by atoms with E-state index in [1.807, 2.05) is 32.0 Å². The van der Waals surface area contributed by atoms with Gasteiger partial charge in [0.2, 0.25) is 0 Å². The van der Waals surface area contributed by atoms with Crippen molar-refractivity contribution in [3.05, 3.63) is 24.5 Å². The smallest absolute Gasteiger partial charge is 0.137 e. The molecule has 0 bridgehead atoms. The van der Waals surface area contributed by atoms with E-state index in [2.05, 4.69) is 15.3 Å². The predicted molar refractivity (Wildman–Crippen MR) is 73.5 cm³/mol. The molecule has 0 aliphatic carbocycles. The highest BCUT2D eigenvalue weighted by Crippen LogP contribution is 2.21. The van der Waals surface area contributed by atoms with E-state index in [9.17, 15) is 0 Å². The van der Waals surface area contributed by atoms with Gasteiger partial charge in [0.25, 0.3) is 0 Å². The van der Waals surface area contributed by atoms with Crippen molar-refractivity contribution in [1.82, 2.24) is 9.97 Å². The third-order valence-corrected chi connectivity index (χ3v) is 2.51. The molecular formula is C13H18N4O. The van der Waals surface area contributed by atoms with Gasteiger partial charge in [-0.05, 0) is 32.0 Å². The lowest BCUT2D eigenvalue weighted by atomic mass is 10.2. The maximum absolute atomic E-state index is 5.78. The second-order valence-electron chi connectivity index (χ2n) is 4.35. The summed E-state index contributed by atoms with van der Waals surface area (Å²) in [5, 5.41) is 4.17. The van der Waals surface area contributed by atoms with E-state index in [1.165, 1.54) is 0 Å². The molecule has 0 aliphatic rings. The van der Waals surface area contributed by atoms with Gasteiger partial charge in [0.15, 0.2) is 0 Å². The summed E-state index contributed by atoms with van der Waals surface area (Å²) in [5.74, 6) is 0.791. The Labute approximate surface area is 106 Å². The number of hydrogen-bond acceptors (Lipinski definition) is 5. The first-order valence-electron chi connectivity index (χ1n) is 6.02. The number of anilines is 2. The Bertz CT molecular complexity index is 527. The molecule has 0 atom stereocenters. The number of hydrogen-bond donors (Lipinski definition) is 2. The Morgan fingerprint density at radius 3 is 2.94 bits per heavy atom. The molecule has 5 nitrogen and oxygen atoms in total. The van der Waals surface area contributed by atoms with Gasteiger partial charge >= 0.3 is 0 Å². The molecule has 0 unspecified atom stereocenters. The van der Waals surface area contributed by atoms with Gasteiger partial charge in [-0.3, -0.25) is 0 Å². The first-order chi connectivity index (χ1) is 8.66. The van der Waals surface area contributed by atoms with Crippen molar-refractivity contribution >= 4 is 22.4 Å². The highest BCUT2D eigenvalue weighted by molar-refractivity contribution is 5.91. The van der Waals surface area contributed by atoms with Gasteiger partial charge < -0.3 is 15.8 Å². The summed E-state index contributed by atoms with van der Waals surface area (Å²) in [6.07, 6.45) is 1.79. The number of benzene rings is 1. The van der Waals surface area contributed by atoms with Crippen LogP contribution in [0.15, 0.2) is 24.5 Å². The second-order valence-corrected chi connectivity index (χ2v) is 4.35. The maximum atomic E-state index is 5.78. The van der Waals surface area contributed by atoms with Gasteiger partial charge in [-0.25, -0.2) is 9.97 Å². The van der Waals surface area contributed by atoms with Gasteiger partial charge in [0.05, 0.1) is 18.2 Å². The monoisotopic (exact) mass is 246 g/mol. The van der Waals surface area contributed by atoms with Crippen molar-refractivity contribution in [1.29, 1.82) is 0 Å². The first-order valence-corrected chi connectivity index (χ1v) is 6.02. The van der Waals surface area contributed by atoms with Crippen LogP contribution < -0.4 is 11.1 Å². The summed E-state index contributed by atoms with van der Waals surface area (Å²) >= 11 is 0. The van der Waals surface area contributed by atoms with Crippen molar-refractivity contribution in [3.63, 3.8) is 0 Å². The van der Waals surface area contributed by atoms with E-state index in [0.717, 1.165) is 16.7 Å². The second kappa shape index (κ2) is 5.64. The van der Waals surface area contributed by atoms with Gasteiger partial charge in [-0.1, -0.05) is 0 Å². The van der Waals surface area contributed by atoms with Gasteiger partial charge in [0.1, 0.15) is 12.1 Å². The first kappa shape index (κ1) is 12.6. The molecule has 96 valence electrons. The Hall–Kier alpha value is -1.88. The lowest BCUT2D eigenvalue weighted by Crippen LogP contribution is -2.14. The number of nitrogen functional groups attached to an aromatic ring is 1. The van der Waals surface area contributed by atoms with Crippen LogP contribution >= 0.6 is 0 Å². The van der Waals surface area contributed by atoms with Crippen LogP contribution in [-0.4, -0.2) is 29.2 Å². The van der Waals surface area contributed by atoms with Crippen molar-refractivity contribution < 1.29 is 4.74 Å². The number of nitrogens with one attached hydrogen (secondary N) is 1. The average Bonchev–Trinajstić information content (AvgIpc) is 2.34. The lowest BCUT2D eigenvalue weighted by Gasteiger charge is -2.10. The summed E-state index contributed by atoms with van der Waals surface area (Å²) in [4.78, 5) is 8.43. The minimum atomic E-state index is 0.240. The van der Waals surface area contributed by atoms with Gasteiger partial charge in [-0.15, -0.1) is 0 Å². The summed E-state index contributed by atoms with van der Waals surface area (Å²) in [6.45, 7) is 5.38. The summed E-state index contributed by atoms with van der Waals surface area (Å²) in [5.41, 5.74) is 7.37. The summed E-state index contributed by atoms with van der Waals surface area (Å²) in [6, 6.07) is 5.60. The molecule has 3 N–H and O–H groups in total. The van der Waals surface area contributed by atoms with Crippen LogP contribution in [0.3, 0.4) is 0 Å². The van der Waals surface area contributed by atoms with Gasteiger partial charge in [-0.2, -0.15) is 0 Å². The van der Waals surface area contributed by atoms with Crippen LogP contribution in [0, 0.1) is 0 Å². The average molecular weight is 246 g/mol. The molecule has 1 heterocycles. The van der Waals surface area contributed by atoms with Crippen LogP contribution in [0.25, 0.3) is 10.9 Å². The van der Waals surface area contributed by atoms with E-state index in [0.29, 0.717) is 18.8 Å². The molecule has 0 saturated heterocycles. The number of nitrogens with two attached hydrogens (primary N) is 1. The van der Waals surface area contributed by atoms with Gasteiger partial charge in [0, 0.05) is 17.6 Å². The standard InChI is InChI=1S/C13H18N4O/c1-9(2)18-6-5-15-13-11-7-10(14)3-4-12(11)16-8-17-13/h3-4,7-9H,5-6,14H2,1-2H3,(H,15,16,17). The van der Waals surface area contributed by atoms with Crippen LogP contribution in [0.5, 0.6) is 0 Å². The zero-order valence-corrected chi connectivity index (χ0v) is 10.7. The van der Waals surface area contributed by atoms with E-state index in [-0.39, 0.29) is 6.10 Å². The Morgan fingerprint density at radius 2 is 2.17 bits per heavy atom. The quantitative estimate of drug-likeness (QED) is 0.624. The van der Waals surface area contributed by atoms with E-state index in [1.54, 1.807) is 6.33 Å². The minimum absolute atomic E-state index is 0.240. The maximum Gasteiger partial charge on any atom is 0.137 e. The molecule has 0 radical (unpaired) electrons. The van der Waals surface area contributed by atoms with Crippen molar-refractivity contribution in [2.45, 2.75) is 20.0 Å². The highest BCUT2D eigenvalue weighted by atomic mass is 16.5. The molecule has 0 saturated carbocycles. The fourth-order valence-corrected chi connectivity index (χ4v) is 1.68. The molecule has 2 rings (SSSR count). The SMILES string of the molecule is CC(C)OCCNc1ncnc2ccc(N)cc12. The van der Waals surface area contributed by atoms with Crippen LogP contribution in [-0.2, 0) is 4.74 Å². The Balaban J connectivity index is 2.10. The molecule has 2 aromatic rings. The van der Waals surface area contributed by atoms with Crippen molar-refractivity contribution in [3.8, 4) is 0 Å². The minimum Gasteiger partial charge on any atom is -0.399 e. The summed E-state index contributed by atoms with van der Waals surface area (Å²) < 4.78 is 5.47. The molecule has 0 aliphatic heterocycles. The van der Waals surface area contributed by atoms with E-state index in [4.69, 9.17) is 10.5 Å². The summed E-state index contributed by atoms with van der Waals surface area (Å²) in [7, 11) is 0. The number of rotatable bonds is 5. The molecule has 18 heavy (non-hydrogen) atoms. The third kappa shape index (κ3) is 3.07. The number of ether oxygens (including phenoxy) is 1. The number of aromatic nitrogens is 2. The zero-order valence-electron chi connectivity index (χ0n) is 10.7. The molecule has 0 spiro atoms. The molecule has 0 amide bonds. The van der Waals surface area contributed by atoms with E-state index >= 15 is 0 Å². The normalized spacial score (nSPS) is 11.1. The topological polar surface area (TPSA) is 73.1 Å². The Kier molecular flexibility index (Phi) is 3.94. The zero-order chi connectivity index (χ0) is 13.0. The fraction of sp³-hybridized carbons (Fsp3) is 0.385. The lowest BCUT2D eigenvalue weighted by molar-refractivity contribution is 0.0870. The van der Waals surface area contributed by atoms with E-state index < -0.39 is 0 Å². The van der Waals surface area contributed by atoms with Crippen LogP contribution in [0.2, 0.25) is 0 Å². The predicted octanol–water partition coefficient (Wildman–Crippen LogP) is 2.05. The number of nitrogens with zero attached hydrogens (tertiary/aromatic N) is 2. The molecule has 0 fully saturated rings. The highest BCUT2D eigenvalue weighted by Gasteiger charge is 2.03. The largest absolute Gasteiger partial charge is 0.399 e. The van der Waals surface area contributed by atoms with Crippen LogP contribution in [0.4, 0.5) is 11.5 Å².